The number of unbranched alkanes of at least 4 members (excludes halogenated alkanes) is 1. The smallest absolute Gasteiger partial charge is 0.0236 e. The predicted molar refractivity (Wildman–Crippen MR) is 64.1 cm³/mol. The summed E-state index contributed by atoms with van der Waals surface area (Å²) in [7, 11) is 3.09. The Bertz CT molecular complexity index is 133. The zero-order valence-corrected chi connectivity index (χ0v) is 10.4. The maximum absolute atomic E-state index is 3.09. The molecule has 1 rings (SSSR count). The minimum Gasteiger partial charge on any atom is -0.134 e. The summed E-state index contributed by atoms with van der Waals surface area (Å²) in [6, 6.07) is 0. The van der Waals surface area contributed by atoms with Gasteiger partial charge in [-0.2, -0.15) is 0 Å². The second-order valence-electron chi connectivity index (χ2n) is 4.84. The minimum atomic E-state index is 0.905. The van der Waals surface area contributed by atoms with Crippen LogP contribution in [0.2, 0.25) is 0 Å². The number of hydrogen-bond donors (Lipinski definition) is 0. The highest BCUT2D eigenvalue weighted by atomic mass is 31.0. The second kappa shape index (κ2) is 6.02. The molecule has 1 fully saturated rings. The van der Waals surface area contributed by atoms with E-state index in [0.717, 1.165) is 17.5 Å². The van der Waals surface area contributed by atoms with Gasteiger partial charge in [0.2, 0.25) is 0 Å². The molecule has 0 spiro atoms. The minimum absolute atomic E-state index is 0.905. The van der Waals surface area contributed by atoms with Gasteiger partial charge in [-0.15, -0.1) is 9.24 Å². The topological polar surface area (TPSA) is 0 Å². The molecule has 78 valence electrons. The maximum atomic E-state index is 3.09. The molecule has 0 radical (unpaired) electrons. The van der Waals surface area contributed by atoms with Gasteiger partial charge in [0.25, 0.3) is 0 Å². The molecular formula is C12H25P. The zero-order chi connectivity index (χ0) is 9.68. The molecule has 0 amide bonds. The van der Waals surface area contributed by atoms with Crippen LogP contribution < -0.4 is 0 Å². The first kappa shape index (κ1) is 11.5. The van der Waals surface area contributed by atoms with Crippen molar-refractivity contribution in [1.29, 1.82) is 0 Å². The summed E-state index contributed by atoms with van der Waals surface area (Å²) in [6.45, 7) is 4.71. The van der Waals surface area contributed by atoms with Crippen molar-refractivity contribution >= 4 is 9.24 Å². The van der Waals surface area contributed by atoms with Crippen LogP contribution in [0.25, 0.3) is 0 Å². The summed E-state index contributed by atoms with van der Waals surface area (Å²) in [6.07, 6.45) is 10.1. The molecule has 4 unspecified atom stereocenters. The molecule has 1 heteroatoms. The lowest BCUT2D eigenvalue weighted by atomic mass is 9.79. The number of rotatable bonds is 4. The van der Waals surface area contributed by atoms with E-state index < -0.39 is 0 Å². The molecule has 1 aliphatic rings. The quantitative estimate of drug-likeness (QED) is 0.595. The first-order valence-electron chi connectivity index (χ1n) is 5.99. The molecule has 1 saturated carbocycles. The van der Waals surface area contributed by atoms with Crippen molar-refractivity contribution in [2.45, 2.75) is 64.5 Å². The Morgan fingerprint density at radius 3 is 2.77 bits per heavy atom. The average molecular weight is 200 g/mol. The SMILES string of the molecule is CCCCC(P)C1CCCC(C)C1. The van der Waals surface area contributed by atoms with E-state index >= 15 is 0 Å². The van der Waals surface area contributed by atoms with Gasteiger partial charge in [0.15, 0.2) is 0 Å². The Hall–Kier alpha value is 0.430. The van der Waals surface area contributed by atoms with Crippen molar-refractivity contribution < 1.29 is 0 Å². The molecule has 0 heterocycles. The van der Waals surface area contributed by atoms with Gasteiger partial charge in [-0.3, -0.25) is 0 Å². The van der Waals surface area contributed by atoms with Crippen LogP contribution in [0.5, 0.6) is 0 Å². The monoisotopic (exact) mass is 200 g/mol. The van der Waals surface area contributed by atoms with E-state index in [0.29, 0.717) is 0 Å². The van der Waals surface area contributed by atoms with Crippen LogP contribution in [-0.2, 0) is 0 Å². The van der Waals surface area contributed by atoms with E-state index in [1.54, 1.807) is 0 Å². The van der Waals surface area contributed by atoms with Crippen LogP contribution in [-0.4, -0.2) is 5.66 Å². The normalized spacial score (nSPS) is 31.6. The molecule has 0 aliphatic heterocycles. The van der Waals surface area contributed by atoms with Crippen molar-refractivity contribution in [2.75, 3.05) is 0 Å². The summed E-state index contributed by atoms with van der Waals surface area (Å²) < 4.78 is 0. The summed E-state index contributed by atoms with van der Waals surface area (Å²) >= 11 is 0. The van der Waals surface area contributed by atoms with E-state index in [9.17, 15) is 0 Å². The van der Waals surface area contributed by atoms with Gasteiger partial charge in [0.1, 0.15) is 0 Å². The van der Waals surface area contributed by atoms with Crippen molar-refractivity contribution in [2.24, 2.45) is 11.8 Å². The van der Waals surface area contributed by atoms with Crippen molar-refractivity contribution in [3.63, 3.8) is 0 Å². The summed E-state index contributed by atoms with van der Waals surface area (Å²) in [5.41, 5.74) is 0.905. The standard InChI is InChI=1S/C12H25P/c1-3-4-8-12(13)11-7-5-6-10(2)9-11/h10-12H,3-9,13H2,1-2H3. The molecule has 13 heavy (non-hydrogen) atoms. The summed E-state index contributed by atoms with van der Waals surface area (Å²) in [5.74, 6) is 2.00. The fraction of sp³-hybridized carbons (Fsp3) is 1.00. The van der Waals surface area contributed by atoms with Crippen LogP contribution in [0.15, 0.2) is 0 Å². The van der Waals surface area contributed by atoms with Crippen molar-refractivity contribution in [3.8, 4) is 0 Å². The van der Waals surface area contributed by atoms with Crippen LogP contribution in [0, 0.1) is 11.8 Å². The molecule has 0 nitrogen and oxygen atoms in total. The first-order chi connectivity index (χ1) is 6.24. The highest BCUT2D eigenvalue weighted by Gasteiger charge is 2.23. The Kier molecular flexibility index (Phi) is 5.32. The van der Waals surface area contributed by atoms with Crippen LogP contribution in [0.3, 0.4) is 0 Å². The predicted octanol–water partition coefficient (Wildman–Crippen LogP) is 4.25. The Morgan fingerprint density at radius 1 is 1.38 bits per heavy atom. The third-order valence-electron chi connectivity index (χ3n) is 3.47. The fourth-order valence-electron chi connectivity index (χ4n) is 2.55. The van der Waals surface area contributed by atoms with E-state index in [1.807, 2.05) is 0 Å². The first-order valence-corrected chi connectivity index (χ1v) is 6.66. The van der Waals surface area contributed by atoms with Gasteiger partial charge in [-0.1, -0.05) is 39.5 Å². The van der Waals surface area contributed by atoms with Crippen molar-refractivity contribution in [1.82, 2.24) is 0 Å². The Balaban J connectivity index is 2.24. The highest BCUT2D eigenvalue weighted by molar-refractivity contribution is 7.17. The molecule has 0 bridgehead atoms. The van der Waals surface area contributed by atoms with Gasteiger partial charge in [-0.25, -0.2) is 0 Å². The van der Waals surface area contributed by atoms with E-state index in [4.69, 9.17) is 0 Å². The maximum Gasteiger partial charge on any atom is -0.0236 e. The largest absolute Gasteiger partial charge is 0.134 e. The molecular weight excluding hydrogens is 175 g/mol. The zero-order valence-electron chi connectivity index (χ0n) is 9.26. The van der Waals surface area contributed by atoms with Gasteiger partial charge in [-0.05, 0) is 36.8 Å². The molecule has 0 aromatic rings. The van der Waals surface area contributed by atoms with Crippen LogP contribution >= 0.6 is 9.24 Å². The lowest BCUT2D eigenvalue weighted by molar-refractivity contribution is 0.270. The van der Waals surface area contributed by atoms with Gasteiger partial charge in [0.05, 0.1) is 0 Å². The Morgan fingerprint density at radius 2 is 2.15 bits per heavy atom. The molecule has 0 N–H and O–H groups in total. The molecule has 0 saturated heterocycles. The Labute approximate surface area is 86.1 Å². The van der Waals surface area contributed by atoms with E-state index in [2.05, 4.69) is 23.1 Å². The van der Waals surface area contributed by atoms with Crippen molar-refractivity contribution in [3.05, 3.63) is 0 Å². The van der Waals surface area contributed by atoms with Gasteiger partial charge < -0.3 is 0 Å². The molecule has 4 atom stereocenters. The van der Waals surface area contributed by atoms with E-state index in [1.165, 1.54) is 44.9 Å². The molecule has 0 aromatic carbocycles. The average Bonchev–Trinajstić information content (AvgIpc) is 2.14. The van der Waals surface area contributed by atoms with E-state index in [-0.39, 0.29) is 0 Å². The van der Waals surface area contributed by atoms with Gasteiger partial charge in [0, 0.05) is 0 Å². The summed E-state index contributed by atoms with van der Waals surface area (Å²) in [4.78, 5) is 0. The molecule has 1 aliphatic carbocycles. The molecule has 0 aromatic heterocycles. The second-order valence-corrected chi connectivity index (χ2v) is 5.69. The summed E-state index contributed by atoms with van der Waals surface area (Å²) in [5, 5.41) is 0. The van der Waals surface area contributed by atoms with Gasteiger partial charge >= 0.3 is 0 Å². The highest BCUT2D eigenvalue weighted by Crippen LogP contribution is 2.35. The van der Waals surface area contributed by atoms with Crippen LogP contribution in [0.4, 0.5) is 0 Å². The third kappa shape index (κ3) is 3.98. The number of hydrogen-bond acceptors (Lipinski definition) is 0. The fourth-order valence-corrected chi connectivity index (χ4v) is 3.13. The lowest BCUT2D eigenvalue weighted by Crippen LogP contribution is -2.21. The van der Waals surface area contributed by atoms with Crippen LogP contribution in [0.1, 0.15) is 58.8 Å². The lowest BCUT2D eigenvalue weighted by Gasteiger charge is -2.31. The third-order valence-corrected chi connectivity index (χ3v) is 4.35.